The fraction of sp³-hybridized carbons (Fsp3) is 0.476. The van der Waals surface area contributed by atoms with Crippen molar-refractivity contribution in [1.82, 2.24) is 0 Å². The number of carbonyl (C=O) groups is 1. The Bertz CT molecular complexity index is 677. The van der Waals surface area contributed by atoms with Crippen molar-refractivity contribution in [1.29, 1.82) is 0 Å². The van der Waals surface area contributed by atoms with Crippen LogP contribution < -0.4 is 0 Å². The molecular weight excluding hydrogens is 300 g/mol. The van der Waals surface area contributed by atoms with E-state index in [0.29, 0.717) is 6.42 Å². The molecule has 0 spiro atoms. The van der Waals surface area contributed by atoms with Crippen LogP contribution in [0.3, 0.4) is 0 Å². The van der Waals surface area contributed by atoms with Crippen LogP contribution in [0.4, 0.5) is 0 Å². The van der Waals surface area contributed by atoms with Gasteiger partial charge in [0.25, 0.3) is 0 Å². The van der Waals surface area contributed by atoms with E-state index in [4.69, 9.17) is 0 Å². The first-order valence-corrected chi connectivity index (χ1v) is 9.41. The molecular formula is C21H28OS. The van der Waals surface area contributed by atoms with Crippen molar-refractivity contribution < 1.29 is 4.79 Å². The highest BCUT2D eigenvalue weighted by molar-refractivity contribution is 7.12. The molecule has 0 unspecified atom stereocenters. The summed E-state index contributed by atoms with van der Waals surface area (Å²) in [5.41, 5.74) is 5.57. The predicted molar refractivity (Wildman–Crippen MR) is 101 cm³/mol. The summed E-state index contributed by atoms with van der Waals surface area (Å²) in [6.07, 6.45) is 4.71. The molecule has 0 saturated carbocycles. The van der Waals surface area contributed by atoms with Gasteiger partial charge in [0.15, 0.2) is 0 Å². The van der Waals surface area contributed by atoms with Crippen LogP contribution in [0.2, 0.25) is 0 Å². The monoisotopic (exact) mass is 328 g/mol. The maximum absolute atomic E-state index is 10.7. The zero-order valence-corrected chi connectivity index (χ0v) is 15.8. The highest BCUT2D eigenvalue weighted by Gasteiger charge is 2.33. The van der Waals surface area contributed by atoms with Gasteiger partial charge in [-0.25, -0.2) is 0 Å². The number of rotatable bonds is 7. The second-order valence-corrected chi connectivity index (χ2v) is 7.65. The zero-order chi connectivity index (χ0) is 17.0. The molecule has 0 bridgehead atoms. The Hall–Kier alpha value is -1.41. The van der Waals surface area contributed by atoms with Crippen molar-refractivity contribution in [2.24, 2.45) is 0 Å². The van der Waals surface area contributed by atoms with Gasteiger partial charge in [0, 0.05) is 21.6 Å². The van der Waals surface area contributed by atoms with Crippen molar-refractivity contribution >= 4 is 17.6 Å². The molecule has 2 heteroatoms. The van der Waals surface area contributed by atoms with Crippen LogP contribution in [-0.2, 0) is 16.6 Å². The minimum Gasteiger partial charge on any atom is -0.303 e. The van der Waals surface area contributed by atoms with Crippen LogP contribution >= 0.6 is 11.3 Å². The number of hydrogen-bond acceptors (Lipinski definition) is 2. The van der Waals surface area contributed by atoms with E-state index in [2.05, 4.69) is 58.9 Å². The third-order valence-electron chi connectivity index (χ3n) is 5.25. The zero-order valence-electron chi connectivity index (χ0n) is 15.0. The molecule has 0 N–H and O–H groups in total. The van der Waals surface area contributed by atoms with E-state index >= 15 is 0 Å². The predicted octanol–water partition coefficient (Wildman–Crippen LogP) is 5.91. The first kappa shape index (κ1) is 17.9. The molecule has 0 aliphatic rings. The first-order chi connectivity index (χ1) is 11.0. The van der Waals surface area contributed by atoms with Crippen molar-refractivity contribution in [2.75, 3.05) is 0 Å². The summed E-state index contributed by atoms with van der Waals surface area (Å²) >= 11 is 1.90. The van der Waals surface area contributed by atoms with Gasteiger partial charge in [-0.05, 0) is 68.4 Å². The van der Waals surface area contributed by atoms with Gasteiger partial charge in [-0.3, -0.25) is 0 Å². The van der Waals surface area contributed by atoms with E-state index in [1.54, 1.807) is 0 Å². The maximum Gasteiger partial charge on any atom is 0.120 e. The Morgan fingerprint density at radius 2 is 1.70 bits per heavy atom. The van der Waals surface area contributed by atoms with Gasteiger partial charge < -0.3 is 4.79 Å². The standard InChI is InChI=1S/C21H28OS/c1-6-21(7-2,18-11-10-15(3)16(4)13-18)20-14-17(5)19(23-20)9-8-12-22/h10-14H,6-9H2,1-5H3. The van der Waals surface area contributed by atoms with Crippen LogP contribution in [0.5, 0.6) is 0 Å². The summed E-state index contributed by atoms with van der Waals surface area (Å²) < 4.78 is 0. The number of thiophene rings is 1. The maximum atomic E-state index is 10.7. The van der Waals surface area contributed by atoms with Gasteiger partial charge in [-0.1, -0.05) is 32.0 Å². The fourth-order valence-corrected chi connectivity index (χ4v) is 4.92. The van der Waals surface area contributed by atoms with Crippen LogP contribution in [0, 0.1) is 20.8 Å². The molecule has 0 atom stereocenters. The van der Waals surface area contributed by atoms with Crippen LogP contribution in [-0.4, -0.2) is 6.29 Å². The van der Waals surface area contributed by atoms with Gasteiger partial charge in [-0.2, -0.15) is 0 Å². The molecule has 23 heavy (non-hydrogen) atoms. The molecule has 2 aromatic rings. The van der Waals surface area contributed by atoms with Crippen molar-refractivity contribution in [2.45, 2.75) is 65.7 Å². The van der Waals surface area contributed by atoms with Crippen molar-refractivity contribution in [3.05, 3.63) is 56.3 Å². The van der Waals surface area contributed by atoms with Crippen LogP contribution in [0.1, 0.15) is 65.1 Å². The molecule has 0 radical (unpaired) electrons. The van der Waals surface area contributed by atoms with E-state index in [-0.39, 0.29) is 5.41 Å². The van der Waals surface area contributed by atoms with Gasteiger partial charge in [-0.15, -0.1) is 11.3 Å². The smallest absolute Gasteiger partial charge is 0.120 e. The quantitative estimate of drug-likeness (QED) is 0.577. The van der Waals surface area contributed by atoms with E-state index < -0.39 is 0 Å². The Morgan fingerprint density at radius 1 is 1.00 bits per heavy atom. The molecule has 1 aromatic heterocycles. The highest BCUT2D eigenvalue weighted by atomic mass is 32.1. The highest BCUT2D eigenvalue weighted by Crippen LogP contribution is 2.43. The summed E-state index contributed by atoms with van der Waals surface area (Å²) in [5, 5.41) is 0. The topological polar surface area (TPSA) is 17.1 Å². The van der Waals surface area contributed by atoms with E-state index in [1.807, 2.05) is 11.3 Å². The van der Waals surface area contributed by atoms with Gasteiger partial charge >= 0.3 is 0 Å². The molecule has 1 aromatic carbocycles. The lowest BCUT2D eigenvalue weighted by atomic mass is 9.74. The molecule has 0 aliphatic heterocycles. The molecule has 0 amide bonds. The van der Waals surface area contributed by atoms with Crippen LogP contribution in [0.15, 0.2) is 24.3 Å². The number of benzene rings is 1. The summed E-state index contributed by atoms with van der Waals surface area (Å²) in [6, 6.07) is 9.27. The Kier molecular flexibility index (Phi) is 5.80. The van der Waals surface area contributed by atoms with E-state index in [1.165, 1.54) is 32.0 Å². The summed E-state index contributed by atoms with van der Waals surface area (Å²) in [4.78, 5) is 13.5. The minimum atomic E-state index is 0.0906. The number of carbonyl (C=O) groups excluding carboxylic acids is 1. The first-order valence-electron chi connectivity index (χ1n) is 8.59. The molecule has 124 valence electrons. The summed E-state index contributed by atoms with van der Waals surface area (Å²) in [6.45, 7) is 11.1. The number of aldehydes is 1. The molecule has 0 aliphatic carbocycles. The summed E-state index contributed by atoms with van der Waals surface area (Å²) in [5.74, 6) is 0. The lowest BCUT2D eigenvalue weighted by molar-refractivity contribution is -0.107. The van der Waals surface area contributed by atoms with Gasteiger partial charge in [0.1, 0.15) is 6.29 Å². The fourth-order valence-electron chi connectivity index (χ4n) is 3.38. The lowest BCUT2D eigenvalue weighted by Gasteiger charge is -2.32. The number of aryl methyl sites for hydroxylation is 4. The molecule has 0 saturated heterocycles. The van der Waals surface area contributed by atoms with Crippen molar-refractivity contribution in [3.63, 3.8) is 0 Å². The third-order valence-corrected chi connectivity index (χ3v) is 6.75. The Labute approximate surface area is 144 Å². The third kappa shape index (κ3) is 3.42. The summed E-state index contributed by atoms with van der Waals surface area (Å²) in [7, 11) is 0. The molecule has 1 heterocycles. The second-order valence-electron chi connectivity index (χ2n) is 6.51. The van der Waals surface area contributed by atoms with Gasteiger partial charge in [0.2, 0.25) is 0 Å². The van der Waals surface area contributed by atoms with E-state index in [0.717, 1.165) is 25.5 Å². The van der Waals surface area contributed by atoms with Crippen molar-refractivity contribution in [3.8, 4) is 0 Å². The molecule has 2 rings (SSSR count). The van der Waals surface area contributed by atoms with Crippen LogP contribution in [0.25, 0.3) is 0 Å². The lowest BCUT2D eigenvalue weighted by Crippen LogP contribution is -2.25. The molecule has 0 fully saturated rings. The Balaban J connectivity index is 2.52. The van der Waals surface area contributed by atoms with E-state index in [9.17, 15) is 4.79 Å². The average Bonchev–Trinajstić information content (AvgIpc) is 2.91. The Morgan fingerprint density at radius 3 is 2.26 bits per heavy atom. The normalized spacial score (nSPS) is 11.7. The molecule has 1 nitrogen and oxygen atoms in total. The number of hydrogen-bond donors (Lipinski definition) is 0. The minimum absolute atomic E-state index is 0.0906. The SMILES string of the molecule is CCC(CC)(c1ccc(C)c(C)c1)c1cc(C)c(CCC=O)s1. The average molecular weight is 329 g/mol. The van der Waals surface area contributed by atoms with Gasteiger partial charge in [0.05, 0.1) is 0 Å². The second kappa shape index (κ2) is 7.44. The largest absolute Gasteiger partial charge is 0.303 e.